The molecule has 126 valence electrons. The van der Waals surface area contributed by atoms with Crippen LogP contribution < -0.4 is 10.6 Å². The number of benzene rings is 1. The number of halogens is 1. The number of anilines is 1. The number of rotatable bonds is 6. The highest BCUT2D eigenvalue weighted by molar-refractivity contribution is 7.12. The fraction of sp³-hybridized carbons (Fsp3) is 0.188. The monoisotopic (exact) mass is 366 g/mol. The molecule has 2 N–H and O–H groups in total. The maximum absolute atomic E-state index is 11.8. The van der Waals surface area contributed by atoms with Gasteiger partial charge in [-0.2, -0.15) is 0 Å². The van der Waals surface area contributed by atoms with E-state index in [1.165, 1.54) is 11.3 Å². The van der Waals surface area contributed by atoms with E-state index >= 15 is 0 Å². The molecule has 1 heterocycles. The predicted octanol–water partition coefficient (Wildman–Crippen LogP) is 2.62. The lowest BCUT2D eigenvalue weighted by Gasteiger charge is -2.09. The Hall–Kier alpha value is -2.38. The van der Waals surface area contributed by atoms with Gasteiger partial charge in [0.25, 0.3) is 11.8 Å². The van der Waals surface area contributed by atoms with Crippen LogP contribution in [-0.4, -0.2) is 30.9 Å². The van der Waals surface area contributed by atoms with Gasteiger partial charge in [-0.25, -0.2) is 0 Å². The van der Waals surface area contributed by atoms with Gasteiger partial charge in [-0.1, -0.05) is 23.7 Å². The molecular formula is C16H15ClN2O4S. The van der Waals surface area contributed by atoms with E-state index in [2.05, 4.69) is 10.6 Å². The standard InChI is InChI=1S/C16H15ClN2O4S/c1-10-4-5-11(17)7-12(10)19-14(20)9-23-15(21)8-18-16(22)13-3-2-6-24-13/h2-7H,8-9H2,1H3,(H,18,22)(H,19,20). The maximum atomic E-state index is 11.8. The van der Waals surface area contributed by atoms with Gasteiger partial charge in [0.15, 0.2) is 6.61 Å². The molecule has 0 saturated heterocycles. The van der Waals surface area contributed by atoms with Crippen LogP contribution in [0.3, 0.4) is 0 Å². The average molecular weight is 367 g/mol. The first-order valence-corrected chi connectivity index (χ1v) is 8.25. The number of nitrogens with one attached hydrogen (secondary N) is 2. The van der Waals surface area contributed by atoms with Gasteiger partial charge in [0.05, 0.1) is 4.88 Å². The van der Waals surface area contributed by atoms with E-state index in [1.54, 1.807) is 35.7 Å². The van der Waals surface area contributed by atoms with E-state index in [4.69, 9.17) is 16.3 Å². The molecule has 24 heavy (non-hydrogen) atoms. The largest absolute Gasteiger partial charge is 0.454 e. The molecule has 0 aliphatic heterocycles. The first kappa shape index (κ1) is 18.0. The highest BCUT2D eigenvalue weighted by atomic mass is 35.5. The zero-order valence-electron chi connectivity index (χ0n) is 12.8. The molecular weight excluding hydrogens is 352 g/mol. The van der Waals surface area contributed by atoms with Gasteiger partial charge < -0.3 is 15.4 Å². The van der Waals surface area contributed by atoms with Gasteiger partial charge in [-0.3, -0.25) is 14.4 Å². The Morgan fingerprint density at radius 2 is 2.04 bits per heavy atom. The van der Waals surface area contributed by atoms with Gasteiger partial charge in [0, 0.05) is 10.7 Å². The highest BCUT2D eigenvalue weighted by Gasteiger charge is 2.12. The van der Waals surface area contributed by atoms with Crippen molar-refractivity contribution in [3.8, 4) is 0 Å². The van der Waals surface area contributed by atoms with Crippen molar-refractivity contribution >= 4 is 46.4 Å². The third kappa shape index (κ3) is 5.36. The minimum absolute atomic E-state index is 0.305. The lowest BCUT2D eigenvalue weighted by molar-refractivity contribution is -0.146. The van der Waals surface area contributed by atoms with E-state index in [0.29, 0.717) is 15.6 Å². The number of amides is 2. The summed E-state index contributed by atoms with van der Waals surface area (Å²) in [6.45, 7) is 1.07. The fourth-order valence-corrected chi connectivity index (χ4v) is 2.57. The molecule has 2 rings (SSSR count). The van der Waals surface area contributed by atoms with Crippen molar-refractivity contribution in [2.75, 3.05) is 18.5 Å². The quantitative estimate of drug-likeness (QED) is 0.770. The number of hydrogen-bond acceptors (Lipinski definition) is 5. The first-order chi connectivity index (χ1) is 11.5. The summed E-state index contributed by atoms with van der Waals surface area (Å²) in [5.74, 6) is -1.54. The third-order valence-corrected chi connectivity index (χ3v) is 4.08. The molecule has 0 aliphatic rings. The number of hydrogen-bond donors (Lipinski definition) is 2. The fourth-order valence-electron chi connectivity index (χ4n) is 1.76. The van der Waals surface area contributed by atoms with Crippen LogP contribution in [0.2, 0.25) is 5.02 Å². The second-order valence-electron chi connectivity index (χ2n) is 4.83. The number of carbonyl (C=O) groups is 3. The lowest BCUT2D eigenvalue weighted by Crippen LogP contribution is -2.31. The summed E-state index contributed by atoms with van der Waals surface area (Å²) in [5.41, 5.74) is 1.39. The second-order valence-corrected chi connectivity index (χ2v) is 6.21. The molecule has 0 fully saturated rings. The Bertz CT molecular complexity index is 747. The molecule has 0 unspecified atom stereocenters. The van der Waals surface area contributed by atoms with Crippen molar-refractivity contribution < 1.29 is 19.1 Å². The first-order valence-electron chi connectivity index (χ1n) is 6.99. The van der Waals surface area contributed by atoms with E-state index in [9.17, 15) is 14.4 Å². The van der Waals surface area contributed by atoms with Crippen LogP contribution in [0.25, 0.3) is 0 Å². The summed E-state index contributed by atoms with van der Waals surface area (Å²) in [6, 6.07) is 8.47. The number of ether oxygens (including phenoxy) is 1. The maximum Gasteiger partial charge on any atom is 0.325 e. The van der Waals surface area contributed by atoms with E-state index in [0.717, 1.165) is 5.56 Å². The van der Waals surface area contributed by atoms with Crippen molar-refractivity contribution in [1.29, 1.82) is 0 Å². The van der Waals surface area contributed by atoms with Gasteiger partial charge in [0.2, 0.25) is 0 Å². The van der Waals surface area contributed by atoms with Crippen LogP contribution in [0.15, 0.2) is 35.7 Å². The zero-order chi connectivity index (χ0) is 17.5. The van der Waals surface area contributed by atoms with Gasteiger partial charge in [-0.15, -0.1) is 11.3 Å². The minimum Gasteiger partial charge on any atom is -0.454 e. The van der Waals surface area contributed by atoms with Crippen molar-refractivity contribution in [3.05, 3.63) is 51.2 Å². The topological polar surface area (TPSA) is 84.5 Å². The number of esters is 1. The summed E-state index contributed by atoms with van der Waals surface area (Å²) in [7, 11) is 0. The molecule has 6 nitrogen and oxygen atoms in total. The summed E-state index contributed by atoms with van der Waals surface area (Å²) < 4.78 is 4.82. The predicted molar refractivity (Wildman–Crippen MR) is 92.4 cm³/mol. The van der Waals surface area contributed by atoms with Crippen LogP contribution in [0.1, 0.15) is 15.2 Å². The molecule has 2 amide bonds. The summed E-state index contributed by atoms with van der Waals surface area (Å²) in [5, 5.41) is 7.28. The molecule has 0 radical (unpaired) electrons. The molecule has 0 bridgehead atoms. The van der Waals surface area contributed by atoms with Crippen molar-refractivity contribution in [2.24, 2.45) is 0 Å². The van der Waals surface area contributed by atoms with Crippen molar-refractivity contribution in [3.63, 3.8) is 0 Å². The van der Waals surface area contributed by atoms with Crippen molar-refractivity contribution in [1.82, 2.24) is 5.32 Å². The third-order valence-electron chi connectivity index (χ3n) is 2.98. The second kappa shape index (κ2) is 8.47. The number of carbonyl (C=O) groups excluding carboxylic acids is 3. The SMILES string of the molecule is Cc1ccc(Cl)cc1NC(=O)COC(=O)CNC(=O)c1cccs1. The Labute approximate surface area is 147 Å². The van der Waals surface area contributed by atoms with E-state index in [1.807, 2.05) is 6.92 Å². The Morgan fingerprint density at radius 1 is 1.25 bits per heavy atom. The zero-order valence-corrected chi connectivity index (χ0v) is 14.4. The molecule has 0 aliphatic carbocycles. The Morgan fingerprint density at radius 3 is 2.75 bits per heavy atom. The molecule has 1 aromatic carbocycles. The highest BCUT2D eigenvalue weighted by Crippen LogP contribution is 2.19. The summed E-state index contributed by atoms with van der Waals surface area (Å²) >= 11 is 7.13. The van der Waals surface area contributed by atoms with Crippen LogP contribution in [-0.2, 0) is 14.3 Å². The number of aryl methyl sites for hydroxylation is 1. The lowest BCUT2D eigenvalue weighted by atomic mass is 10.2. The Kier molecular flexibility index (Phi) is 6.34. The Balaban J connectivity index is 1.74. The van der Waals surface area contributed by atoms with E-state index < -0.39 is 18.5 Å². The molecule has 0 spiro atoms. The molecule has 1 aromatic heterocycles. The molecule has 0 saturated carbocycles. The van der Waals surface area contributed by atoms with Crippen LogP contribution in [0.4, 0.5) is 5.69 Å². The molecule has 2 aromatic rings. The average Bonchev–Trinajstić information content (AvgIpc) is 3.08. The molecule has 0 atom stereocenters. The van der Waals surface area contributed by atoms with Gasteiger partial charge >= 0.3 is 5.97 Å². The summed E-state index contributed by atoms with van der Waals surface area (Å²) in [6.07, 6.45) is 0. The minimum atomic E-state index is -0.696. The van der Waals surface area contributed by atoms with E-state index in [-0.39, 0.29) is 12.5 Å². The van der Waals surface area contributed by atoms with Crippen LogP contribution in [0, 0.1) is 6.92 Å². The number of thiophene rings is 1. The normalized spacial score (nSPS) is 10.1. The summed E-state index contributed by atoms with van der Waals surface area (Å²) in [4.78, 5) is 35.5. The molecule has 8 heteroatoms. The van der Waals surface area contributed by atoms with Crippen LogP contribution in [0.5, 0.6) is 0 Å². The smallest absolute Gasteiger partial charge is 0.325 e. The van der Waals surface area contributed by atoms with Gasteiger partial charge in [0.1, 0.15) is 6.54 Å². The van der Waals surface area contributed by atoms with Crippen molar-refractivity contribution in [2.45, 2.75) is 6.92 Å². The van der Waals surface area contributed by atoms with Crippen LogP contribution >= 0.6 is 22.9 Å². The van der Waals surface area contributed by atoms with Gasteiger partial charge in [-0.05, 0) is 36.1 Å².